The number of likely N-dealkylation sites (tertiary alicyclic amines) is 1. The number of rotatable bonds is 4. The number of alkyl halides is 3. The van der Waals surface area contributed by atoms with Crippen molar-refractivity contribution >= 4 is 5.91 Å². The Kier molecular flexibility index (Phi) is 6.51. The fraction of sp³-hybridized carbons (Fsp3) is 0.500. The van der Waals surface area contributed by atoms with Gasteiger partial charge in [-0.1, -0.05) is 30.3 Å². The molecule has 1 aliphatic rings. The third kappa shape index (κ3) is 3.96. The SMILES string of the molecule is CF.O=C1C(C(O)C(F)F)CCN1Cc1ccccc1. The van der Waals surface area contributed by atoms with Crippen molar-refractivity contribution in [3.05, 3.63) is 35.9 Å². The highest BCUT2D eigenvalue weighted by molar-refractivity contribution is 5.81. The van der Waals surface area contributed by atoms with Gasteiger partial charge in [0.05, 0.1) is 13.1 Å². The molecule has 112 valence electrons. The first-order chi connectivity index (χ1) is 9.59. The second kappa shape index (κ2) is 7.89. The minimum Gasteiger partial charge on any atom is -0.386 e. The Balaban J connectivity index is 0.000000956. The van der Waals surface area contributed by atoms with Crippen molar-refractivity contribution in [1.82, 2.24) is 4.90 Å². The summed E-state index contributed by atoms with van der Waals surface area (Å²) in [6, 6.07) is 9.36. The van der Waals surface area contributed by atoms with Gasteiger partial charge in [0.15, 0.2) is 0 Å². The zero-order chi connectivity index (χ0) is 15.1. The van der Waals surface area contributed by atoms with Gasteiger partial charge in [-0.2, -0.15) is 0 Å². The molecule has 1 aliphatic heterocycles. The van der Waals surface area contributed by atoms with E-state index in [-0.39, 0.29) is 12.3 Å². The zero-order valence-corrected chi connectivity index (χ0v) is 11.2. The summed E-state index contributed by atoms with van der Waals surface area (Å²) < 4.78 is 34.3. The first-order valence-electron chi connectivity index (χ1n) is 6.26. The van der Waals surface area contributed by atoms with E-state index in [4.69, 9.17) is 0 Å². The van der Waals surface area contributed by atoms with Gasteiger partial charge in [0, 0.05) is 13.1 Å². The smallest absolute Gasteiger partial charge is 0.264 e. The molecule has 0 spiro atoms. The summed E-state index contributed by atoms with van der Waals surface area (Å²) in [5.74, 6) is -1.35. The van der Waals surface area contributed by atoms with Gasteiger partial charge in [-0.3, -0.25) is 9.18 Å². The van der Waals surface area contributed by atoms with Gasteiger partial charge >= 0.3 is 0 Å². The van der Waals surface area contributed by atoms with E-state index in [0.29, 0.717) is 20.3 Å². The highest BCUT2D eigenvalue weighted by Crippen LogP contribution is 2.26. The monoisotopic (exact) mass is 289 g/mol. The third-order valence-corrected chi connectivity index (χ3v) is 3.23. The molecule has 0 bridgehead atoms. The number of aliphatic hydroxyl groups is 1. The van der Waals surface area contributed by atoms with Gasteiger partial charge in [0.2, 0.25) is 5.91 Å². The molecule has 2 unspecified atom stereocenters. The molecule has 3 nitrogen and oxygen atoms in total. The van der Waals surface area contributed by atoms with Crippen molar-refractivity contribution in [3.8, 4) is 0 Å². The van der Waals surface area contributed by atoms with Gasteiger partial charge in [-0.05, 0) is 12.0 Å². The van der Waals surface area contributed by atoms with Crippen molar-refractivity contribution < 1.29 is 23.1 Å². The maximum Gasteiger partial charge on any atom is 0.264 e. The summed E-state index contributed by atoms with van der Waals surface area (Å²) in [7, 11) is 0.500. The Morgan fingerprint density at radius 3 is 2.45 bits per heavy atom. The van der Waals surface area contributed by atoms with Crippen LogP contribution in [0.3, 0.4) is 0 Å². The Morgan fingerprint density at radius 1 is 1.30 bits per heavy atom. The van der Waals surface area contributed by atoms with Crippen LogP contribution in [0.5, 0.6) is 0 Å². The zero-order valence-electron chi connectivity index (χ0n) is 11.2. The molecule has 0 radical (unpaired) electrons. The number of carbonyl (C=O) groups excluding carboxylic acids is 1. The number of halogens is 3. The molecule has 1 heterocycles. The lowest BCUT2D eigenvalue weighted by Crippen LogP contribution is -2.35. The standard InChI is InChI=1S/C13H15F2NO2.CH3F/c14-12(15)11(17)10-6-7-16(13(10)18)8-9-4-2-1-3-5-9;1-2/h1-5,10-12,17H,6-8H2;1H3. The molecule has 0 aromatic heterocycles. The number of nitrogens with zero attached hydrogens (tertiary/aromatic N) is 1. The summed E-state index contributed by atoms with van der Waals surface area (Å²) in [6.07, 6.45) is -4.43. The van der Waals surface area contributed by atoms with Crippen LogP contribution in [0.4, 0.5) is 13.2 Å². The lowest BCUT2D eigenvalue weighted by Gasteiger charge is -2.19. The molecular weight excluding hydrogens is 271 g/mol. The Bertz CT molecular complexity index is 414. The molecule has 1 N–H and O–H groups in total. The summed E-state index contributed by atoms with van der Waals surface area (Å²) in [4.78, 5) is 13.4. The molecule has 1 aromatic carbocycles. The molecule has 20 heavy (non-hydrogen) atoms. The summed E-state index contributed by atoms with van der Waals surface area (Å²) in [6.45, 7) is 0.828. The fourth-order valence-corrected chi connectivity index (χ4v) is 2.22. The summed E-state index contributed by atoms with van der Waals surface area (Å²) in [5, 5.41) is 9.28. The quantitative estimate of drug-likeness (QED) is 0.923. The van der Waals surface area contributed by atoms with E-state index in [9.17, 15) is 23.1 Å². The minimum absolute atomic E-state index is 0.289. The highest BCUT2D eigenvalue weighted by atomic mass is 19.3. The van der Waals surface area contributed by atoms with E-state index in [1.807, 2.05) is 30.3 Å². The van der Waals surface area contributed by atoms with Crippen LogP contribution < -0.4 is 0 Å². The van der Waals surface area contributed by atoms with Gasteiger partial charge in [-0.15, -0.1) is 0 Å². The minimum atomic E-state index is -2.87. The molecule has 1 amide bonds. The molecule has 1 aromatic rings. The number of carbonyl (C=O) groups is 1. The third-order valence-electron chi connectivity index (χ3n) is 3.23. The number of amides is 1. The van der Waals surface area contributed by atoms with Crippen LogP contribution in [0.1, 0.15) is 12.0 Å². The van der Waals surface area contributed by atoms with Crippen LogP contribution in [0, 0.1) is 5.92 Å². The lowest BCUT2D eigenvalue weighted by atomic mass is 10.0. The predicted molar refractivity (Wildman–Crippen MR) is 69.0 cm³/mol. The molecule has 1 saturated heterocycles. The van der Waals surface area contributed by atoms with Gasteiger partial charge in [0.25, 0.3) is 6.43 Å². The molecular formula is C14H18F3NO2. The second-order valence-electron chi connectivity index (χ2n) is 4.47. The topological polar surface area (TPSA) is 40.5 Å². The van der Waals surface area contributed by atoms with Crippen LogP contribution in [-0.4, -0.2) is 42.2 Å². The average Bonchev–Trinajstić information content (AvgIpc) is 2.82. The fourth-order valence-electron chi connectivity index (χ4n) is 2.22. The highest BCUT2D eigenvalue weighted by Gasteiger charge is 2.40. The van der Waals surface area contributed by atoms with Crippen LogP contribution in [0.2, 0.25) is 0 Å². The average molecular weight is 289 g/mol. The summed E-state index contributed by atoms with van der Waals surface area (Å²) in [5.41, 5.74) is 0.957. The van der Waals surface area contributed by atoms with Crippen LogP contribution >= 0.6 is 0 Å². The normalized spacial score (nSPS) is 19.8. The van der Waals surface area contributed by atoms with Crippen molar-refractivity contribution in [2.24, 2.45) is 5.92 Å². The molecule has 0 aliphatic carbocycles. The molecule has 2 atom stereocenters. The molecule has 6 heteroatoms. The Hall–Kier alpha value is -1.56. The Labute approximate surface area is 116 Å². The van der Waals surface area contributed by atoms with Crippen LogP contribution in [-0.2, 0) is 11.3 Å². The number of aliphatic hydroxyl groups excluding tert-OH is 1. The van der Waals surface area contributed by atoms with Crippen molar-refractivity contribution in [3.63, 3.8) is 0 Å². The second-order valence-corrected chi connectivity index (χ2v) is 4.47. The van der Waals surface area contributed by atoms with E-state index < -0.39 is 18.4 Å². The number of benzene rings is 1. The van der Waals surface area contributed by atoms with E-state index in [1.54, 1.807) is 0 Å². The van der Waals surface area contributed by atoms with Crippen molar-refractivity contribution in [2.45, 2.75) is 25.5 Å². The predicted octanol–water partition coefficient (Wildman–Crippen LogP) is 2.25. The lowest BCUT2D eigenvalue weighted by molar-refractivity contribution is -0.138. The maximum atomic E-state index is 12.4. The van der Waals surface area contributed by atoms with Gasteiger partial charge < -0.3 is 10.0 Å². The van der Waals surface area contributed by atoms with Crippen molar-refractivity contribution in [1.29, 1.82) is 0 Å². The molecule has 0 saturated carbocycles. The Morgan fingerprint density at radius 2 is 1.90 bits per heavy atom. The van der Waals surface area contributed by atoms with E-state index in [2.05, 4.69) is 0 Å². The number of hydrogen-bond acceptors (Lipinski definition) is 2. The van der Waals surface area contributed by atoms with E-state index in [1.165, 1.54) is 4.90 Å². The van der Waals surface area contributed by atoms with Crippen molar-refractivity contribution in [2.75, 3.05) is 13.7 Å². The van der Waals surface area contributed by atoms with Crippen LogP contribution in [0.25, 0.3) is 0 Å². The molecule has 2 rings (SSSR count). The van der Waals surface area contributed by atoms with Gasteiger partial charge in [0.1, 0.15) is 6.10 Å². The van der Waals surface area contributed by atoms with Gasteiger partial charge in [-0.25, -0.2) is 8.78 Å². The van der Waals surface area contributed by atoms with E-state index >= 15 is 0 Å². The van der Waals surface area contributed by atoms with E-state index in [0.717, 1.165) is 5.56 Å². The van der Waals surface area contributed by atoms with Crippen LogP contribution in [0.15, 0.2) is 30.3 Å². The number of hydrogen-bond donors (Lipinski definition) is 1. The first-order valence-corrected chi connectivity index (χ1v) is 6.26. The largest absolute Gasteiger partial charge is 0.386 e. The molecule has 1 fully saturated rings. The first kappa shape index (κ1) is 16.5. The maximum absolute atomic E-state index is 12.4. The summed E-state index contributed by atoms with van der Waals surface area (Å²) >= 11 is 0.